The summed E-state index contributed by atoms with van der Waals surface area (Å²) in [6, 6.07) is 16.2. The van der Waals surface area contributed by atoms with Crippen LogP contribution in [0, 0.1) is 5.82 Å². The molecular formula is C25H32FN5OS. The molecule has 1 amide bonds. The van der Waals surface area contributed by atoms with Crippen molar-refractivity contribution in [3.05, 3.63) is 71.8 Å². The molecule has 6 nitrogen and oxygen atoms in total. The molecular weight excluding hydrogens is 437 g/mol. The Morgan fingerprint density at radius 1 is 1.06 bits per heavy atom. The van der Waals surface area contributed by atoms with Gasteiger partial charge in [0.25, 0.3) is 0 Å². The van der Waals surface area contributed by atoms with Crippen LogP contribution < -0.4 is 0 Å². The molecule has 1 unspecified atom stereocenters. The molecule has 1 atom stereocenters. The first-order valence-electron chi connectivity index (χ1n) is 10.9. The Labute approximate surface area is 199 Å². The van der Waals surface area contributed by atoms with E-state index in [0.717, 1.165) is 17.1 Å². The molecule has 3 rings (SSSR count). The first-order chi connectivity index (χ1) is 15.6. The number of halogens is 1. The molecule has 3 aromatic rings. The minimum Gasteiger partial charge on any atom is -0.333 e. The summed E-state index contributed by atoms with van der Waals surface area (Å²) in [7, 11) is 3.94. The van der Waals surface area contributed by atoms with Gasteiger partial charge in [0, 0.05) is 17.8 Å². The van der Waals surface area contributed by atoms with Crippen molar-refractivity contribution in [2.24, 2.45) is 0 Å². The van der Waals surface area contributed by atoms with Gasteiger partial charge in [0.15, 0.2) is 11.0 Å². The molecule has 1 aromatic heterocycles. The van der Waals surface area contributed by atoms with E-state index in [-0.39, 0.29) is 29.1 Å². The summed E-state index contributed by atoms with van der Waals surface area (Å²) in [5, 5.41) is 9.39. The van der Waals surface area contributed by atoms with Crippen molar-refractivity contribution in [1.29, 1.82) is 0 Å². The smallest absolute Gasteiger partial charge is 0.233 e. The van der Waals surface area contributed by atoms with Gasteiger partial charge in [-0.1, -0.05) is 42.1 Å². The second-order valence-corrected chi connectivity index (χ2v) is 10.2. The van der Waals surface area contributed by atoms with Gasteiger partial charge < -0.3 is 4.90 Å². The predicted molar refractivity (Wildman–Crippen MR) is 131 cm³/mol. The third-order valence-corrected chi connectivity index (χ3v) is 6.42. The maximum absolute atomic E-state index is 13.5. The topological polar surface area (TPSA) is 54.3 Å². The molecule has 0 saturated heterocycles. The van der Waals surface area contributed by atoms with E-state index in [0.29, 0.717) is 11.7 Å². The number of carbonyl (C=O) groups is 1. The van der Waals surface area contributed by atoms with Crippen LogP contribution in [0.2, 0.25) is 0 Å². The normalized spacial score (nSPS) is 12.7. The number of nitrogens with zero attached hydrogens (tertiary/aromatic N) is 5. The van der Waals surface area contributed by atoms with E-state index >= 15 is 0 Å². The van der Waals surface area contributed by atoms with Gasteiger partial charge in [0.05, 0.1) is 11.8 Å². The lowest BCUT2D eigenvalue weighted by molar-refractivity contribution is -0.133. The highest BCUT2D eigenvalue weighted by Crippen LogP contribution is 2.28. The molecule has 0 N–H and O–H groups in total. The quantitative estimate of drug-likeness (QED) is 0.437. The monoisotopic (exact) mass is 469 g/mol. The standard InChI is InChI=1S/C25H32FN5OS/c1-18(29(5)6)23-27-28-24(31(23)21-14-12-20(26)13-15-21)33-17-22(32)30(25(2,3)4)16-19-10-8-7-9-11-19/h7-15,18H,16-17H2,1-6H3. The van der Waals surface area contributed by atoms with Crippen molar-refractivity contribution in [3.8, 4) is 5.69 Å². The third kappa shape index (κ3) is 6.21. The van der Waals surface area contributed by atoms with Crippen LogP contribution >= 0.6 is 11.8 Å². The Balaban J connectivity index is 1.86. The van der Waals surface area contributed by atoms with Crippen molar-refractivity contribution in [2.75, 3.05) is 19.8 Å². The maximum atomic E-state index is 13.5. The number of amides is 1. The number of thioether (sulfide) groups is 1. The van der Waals surface area contributed by atoms with Gasteiger partial charge in [-0.05, 0) is 71.6 Å². The van der Waals surface area contributed by atoms with Gasteiger partial charge >= 0.3 is 0 Å². The molecule has 176 valence electrons. The summed E-state index contributed by atoms with van der Waals surface area (Å²) in [6.07, 6.45) is 0. The summed E-state index contributed by atoms with van der Waals surface area (Å²) >= 11 is 1.35. The van der Waals surface area contributed by atoms with Crippen molar-refractivity contribution in [2.45, 2.75) is 51.0 Å². The molecule has 33 heavy (non-hydrogen) atoms. The Kier molecular flexibility index (Phi) is 7.92. The Morgan fingerprint density at radius 3 is 2.27 bits per heavy atom. The van der Waals surface area contributed by atoms with Crippen molar-refractivity contribution < 1.29 is 9.18 Å². The number of carbonyl (C=O) groups excluding carboxylic acids is 1. The highest BCUT2D eigenvalue weighted by atomic mass is 32.2. The zero-order valence-corrected chi connectivity index (χ0v) is 20.9. The van der Waals surface area contributed by atoms with Crippen molar-refractivity contribution >= 4 is 17.7 Å². The summed E-state index contributed by atoms with van der Waals surface area (Å²) in [6.45, 7) is 8.69. The minimum absolute atomic E-state index is 0.0169. The number of benzene rings is 2. The first-order valence-corrected chi connectivity index (χ1v) is 11.9. The molecule has 0 bridgehead atoms. The molecule has 0 radical (unpaired) electrons. The van der Waals surface area contributed by atoms with Gasteiger partial charge in [-0.25, -0.2) is 4.39 Å². The number of hydrogen-bond acceptors (Lipinski definition) is 5. The number of aromatic nitrogens is 3. The Hall–Kier alpha value is -2.71. The fraction of sp³-hybridized carbons (Fsp3) is 0.400. The fourth-order valence-electron chi connectivity index (χ4n) is 3.38. The third-order valence-electron chi connectivity index (χ3n) is 5.51. The zero-order chi connectivity index (χ0) is 24.2. The summed E-state index contributed by atoms with van der Waals surface area (Å²) < 4.78 is 15.4. The lowest BCUT2D eigenvalue weighted by Crippen LogP contribution is -2.45. The van der Waals surface area contributed by atoms with Gasteiger partial charge in [-0.15, -0.1) is 10.2 Å². The SMILES string of the molecule is CC(c1nnc(SCC(=O)N(Cc2ccccc2)C(C)(C)C)n1-c1ccc(F)cc1)N(C)C. The van der Waals surface area contributed by atoms with E-state index < -0.39 is 0 Å². The largest absolute Gasteiger partial charge is 0.333 e. The van der Waals surface area contributed by atoms with Gasteiger partial charge in [-0.3, -0.25) is 14.3 Å². The van der Waals surface area contributed by atoms with Crippen molar-refractivity contribution in [1.82, 2.24) is 24.6 Å². The van der Waals surface area contributed by atoms with Crippen LogP contribution in [-0.4, -0.2) is 55.9 Å². The Bertz CT molecular complexity index is 1060. The highest BCUT2D eigenvalue weighted by molar-refractivity contribution is 7.99. The van der Waals surface area contributed by atoms with E-state index in [1.165, 1.54) is 23.9 Å². The maximum Gasteiger partial charge on any atom is 0.233 e. The summed E-state index contributed by atoms with van der Waals surface area (Å²) in [4.78, 5) is 17.2. The van der Waals surface area contributed by atoms with Crippen LogP contribution in [0.4, 0.5) is 4.39 Å². The molecule has 0 spiro atoms. The summed E-state index contributed by atoms with van der Waals surface area (Å²) in [5.74, 6) is 0.672. The average molecular weight is 470 g/mol. The first kappa shape index (κ1) is 24.9. The van der Waals surface area contributed by atoms with E-state index in [9.17, 15) is 9.18 Å². The van der Waals surface area contributed by atoms with Crippen LogP contribution in [0.3, 0.4) is 0 Å². The van der Waals surface area contributed by atoms with Crippen LogP contribution in [0.5, 0.6) is 0 Å². The van der Waals surface area contributed by atoms with Crippen molar-refractivity contribution in [3.63, 3.8) is 0 Å². The molecule has 2 aromatic carbocycles. The van der Waals surface area contributed by atoms with Crippen LogP contribution in [0.1, 0.15) is 45.1 Å². The van der Waals surface area contributed by atoms with Crippen LogP contribution in [-0.2, 0) is 11.3 Å². The van der Waals surface area contributed by atoms with Gasteiger partial charge in [-0.2, -0.15) is 0 Å². The van der Waals surface area contributed by atoms with E-state index in [1.54, 1.807) is 12.1 Å². The lowest BCUT2D eigenvalue weighted by Gasteiger charge is -2.36. The van der Waals surface area contributed by atoms with Gasteiger partial charge in [0.1, 0.15) is 5.82 Å². The van der Waals surface area contributed by atoms with Crippen LogP contribution in [0.25, 0.3) is 5.69 Å². The lowest BCUT2D eigenvalue weighted by atomic mass is 10.0. The molecule has 0 saturated carbocycles. The fourth-order valence-corrected chi connectivity index (χ4v) is 4.21. The molecule has 0 fully saturated rings. The second kappa shape index (κ2) is 10.5. The van der Waals surface area contributed by atoms with Crippen LogP contribution in [0.15, 0.2) is 59.8 Å². The summed E-state index contributed by atoms with van der Waals surface area (Å²) in [5.41, 5.74) is 1.52. The predicted octanol–water partition coefficient (Wildman–Crippen LogP) is 4.95. The van der Waals surface area contributed by atoms with E-state index in [4.69, 9.17) is 0 Å². The van der Waals surface area contributed by atoms with Gasteiger partial charge in [0.2, 0.25) is 5.91 Å². The Morgan fingerprint density at radius 2 is 1.70 bits per heavy atom. The highest BCUT2D eigenvalue weighted by Gasteiger charge is 2.28. The van der Waals surface area contributed by atoms with E-state index in [2.05, 4.69) is 10.2 Å². The second-order valence-electron chi connectivity index (χ2n) is 9.22. The molecule has 0 aliphatic carbocycles. The minimum atomic E-state index is -0.331. The number of hydrogen-bond donors (Lipinski definition) is 0. The molecule has 0 aliphatic rings. The average Bonchev–Trinajstić information content (AvgIpc) is 3.19. The molecule has 8 heteroatoms. The zero-order valence-electron chi connectivity index (χ0n) is 20.1. The number of rotatable bonds is 8. The molecule has 0 aliphatic heterocycles. The molecule has 1 heterocycles. The van der Waals surface area contributed by atoms with E-state index in [1.807, 2.05) is 86.5 Å².